The summed E-state index contributed by atoms with van der Waals surface area (Å²) in [5, 5.41) is 10.0. The van der Waals surface area contributed by atoms with Crippen LogP contribution in [0.5, 0.6) is 0 Å². The first kappa shape index (κ1) is 6.92. The van der Waals surface area contributed by atoms with E-state index in [0.717, 1.165) is 0 Å². The molecule has 0 aliphatic heterocycles. The normalized spacial score (nSPS) is 24.1. The molecule has 0 bridgehead atoms. The third-order valence-corrected chi connectivity index (χ3v) is 1.24. The van der Waals surface area contributed by atoms with Gasteiger partial charge in [0.2, 0.25) is 0 Å². The van der Waals surface area contributed by atoms with Gasteiger partial charge < -0.3 is 0 Å². The van der Waals surface area contributed by atoms with Crippen molar-refractivity contribution in [1.29, 1.82) is 0 Å². The minimum atomic E-state index is -1.05. The zero-order valence-electron chi connectivity index (χ0n) is 5.16. The molecule has 4 heteroatoms. The Morgan fingerprint density at radius 2 is 2.50 bits per heavy atom. The predicted octanol–water partition coefficient (Wildman–Crippen LogP) is 1.45. The predicted molar refractivity (Wildman–Crippen MR) is 33.7 cm³/mol. The maximum absolute atomic E-state index is 12.3. The van der Waals surface area contributed by atoms with Crippen molar-refractivity contribution in [3.63, 3.8) is 0 Å². The Labute approximate surface area is 57.0 Å². The van der Waals surface area contributed by atoms with Crippen molar-refractivity contribution in [2.24, 2.45) is 0 Å². The van der Waals surface area contributed by atoms with Crippen LogP contribution in [0.25, 0.3) is 0 Å². The van der Waals surface area contributed by atoms with Gasteiger partial charge in [-0.1, -0.05) is 0 Å². The molecule has 3 nitrogen and oxygen atoms in total. The molecule has 1 unspecified atom stereocenters. The Hall–Kier alpha value is -1.19. The number of hydrogen-bond donors (Lipinski definition) is 0. The summed E-state index contributed by atoms with van der Waals surface area (Å²) in [5.74, 6) is 0. The highest BCUT2D eigenvalue weighted by molar-refractivity contribution is 5.17. The summed E-state index contributed by atoms with van der Waals surface area (Å²) in [7, 11) is 0. The zero-order valence-corrected chi connectivity index (χ0v) is 5.16. The summed E-state index contributed by atoms with van der Waals surface area (Å²) in [4.78, 5) is 9.50. The van der Waals surface area contributed by atoms with Crippen LogP contribution in [0.2, 0.25) is 0 Å². The maximum Gasteiger partial charge on any atom is 0.265 e. The summed E-state index contributed by atoms with van der Waals surface area (Å²) >= 11 is 0. The number of nitro groups is 1. The Bertz CT molecular complexity index is 210. The van der Waals surface area contributed by atoms with Crippen LogP contribution in [-0.4, -0.2) is 11.1 Å². The van der Waals surface area contributed by atoms with Crippen molar-refractivity contribution in [3.8, 4) is 0 Å². The van der Waals surface area contributed by atoms with E-state index in [2.05, 4.69) is 0 Å². The van der Waals surface area contributed by atoms with Gasteiger partial charge in [0.05, 0.1) is 4.92 Å². The minimum absolute atomic E-state index is 0.0195. The van der Waals surface area contributed by atoms with Gasteiger partial charge in [-0.25, -0.2) is 4.39 Å². The summed E-state index contributed by atoms with van der Waals surface area (Å²) in [5.41, 5.74) is -0.0195. The van der Waals surface area contributed by atoms with Gasteiger partial charge in [0, 0.05) is 12.5 Å². The number of allylic oxidation sites excluding steroid dienone is 3. The molecule has 0 fully saturated rings. The molecule has 0 radical (unpaired) electrons. The average Bonchev–Trinajstić information content (AvgIpc) is 1.88. The fourth-order valence-electron chi connectivity index (χ4n) is 0.718. The van der Waals surface area contributed by atoms with Crippen molar-refractivity contribution in [2.45, 2.75) is 12.6 Å². The highest BCUT2D eigenvalue weighted by Crippen LogP contribution is 2.12. The molecule has 1 aliphatic carbocycles. The standard InChI is InChI=1S/C6H6FNO2/c7-5-1-3-6(4-2-5)8(9)10/h1,3-5H,2H2. The minimum Gasteiger partial charge on any atom is -0.258 e. The lowest BCUT2D eigenvalue weighted by Gasteiger charge is -2.01. The van der Waals surface area contributed by atoms with Gasteiger partial charge in [0.15, 0.2) is 0 Å². The molecule has 0 heterocycles. The largest absolute Gasteiger partial charge is 0.265 e. The number of alkyl halides is 1. The zero-order chi connectivity index (χ0) is 7.56. The molecular weight excluding hydrogens is 137 g/mol. The van der Waals surface area contributed by atoms with Crippen LogP contribution in [0, 0.1) is 10.1 Å². The van der Waals surface area contributed by atoms with Crippen molar-refractivity contribution >= 4 is 0 Å². The first-order valence-corrected chi connectivity index (χ1v) is 2.87. The fraction of sp³-hybridized carbons (Fsp3) is 0.333. The smallest absolute Gasteiger partial charge is 0.258 e. The SMILES string of the molecule is O=[N+]([O-])C1=CCC(F)C=C1. The highest BCUT2D eigenvalue weighted by Gasteiger charge is 2.13. The van der Waals surface area contributed by atoms with Gasteiger partial charge in [0.1, 0.15) is 6.17 Å². The number of rotatable bonds is 1. The van der Waals surface area contributed by atoms with Gasteiger partial charge in [-0.05, 0) is 12.2 Å². The molecule has 0 aromatic carbocycles. The van der Waals surface area contributed by atoms with Gasteiger partial charge in [0.25, 0.3) is 5.70 Å². The Kier molecular flexibility index (Phi) is 1.80. The fourth-order valence-corrected chi connectivity index (χ4v) is 0.718. The van der Waals surface area contributed by atoms with E-state index in [4.69, 9.17) is 0 Å². The first-order valence-electron chi connectivity index (χ1n) is 2.87. The molecular formula is C6H6FNO2. The molecule has 0 amide bonds. The number of halogens is 1. The molecule has 1 aliphatic rings. The summed E-state index contributed by atoms with van der Waals surface area (Å²) in [6.45, 7) is 0. The molecule has 0 spiro atoms. The molecule has 54 valence electrons. The third-order valence-electron chi connectivity index (χ3n) is 1.24. The van der Waals surface area contributed by atoms with Gasteiger partial charge >= 0.3 is 0 Å². The second kappa shape index (κ2) is 2.60. The van der Waals surface area contributed by atoms with Crippen molar-refractivity contribution in [1.82, 2.24) is 0 Å². The van der Waals surface area contributed by atoms with E-state index in [9.17, 15) is 14.5 Å². The van der Waals surface area contributed by atoms with Crippen molar-refractivity contribution in [2.75, 3.05) is 0 Å². The Morgan fingerprint density at radius 3 is 2.90 bits per heavy atom. The number of hydrogen-bond acceptors (Lipinski definition) is 2. The molecule has 10 heavy (non-hydrogen) atoms. The van der Waals surface area contributed by atoms with Crippen LogP contribution in [0.4, 0.5) is 4.39 Å². The lowest BCUT2D eigenvalue weighted by atomic mass is 10.1. The quantitative estimate of drug-likeness (QED) is 0.411. The van der Waals surface area contributed by atoms with Crippen LogP contribution >= 0.6 is 0 Å². The van der Waals surface area contributed by atoms with Crippen LogP contribution in [0.15, 0.2) is 23.9 Å². The van der Waals surface area contributed by atoms with E-state index in [-0.39, 0.29) is 12.1 Å². The lowest BCUT2D eigenvalue weighted by Crippen LogP contribution is -2.04. The Balaban J connectivity index is 2.67. The van der Waals surface area contributed by atoms with E-state index in [0.29, 0.717) is 0 Å². The van der Waals surface area contributed by atoms with E-state index in [1.165, 1.54) is 18.2 Å². The summed E-state index contributed by atoms with van der Waals surface area (Å²) < 4.78 is 12.3. The molecule has 1 atom stereocenters. The summed E-state index contributed by atoms with van der Waals surface area (Å²) in [6.07, 6.45) is 2.73. The molecule has 0 saturated heterocycles. The monoisotopic (exact) mass is 143 g/mol. The molecule has 0 N–H and O–H groups in total. The van der Waals surface area contributed by atoms with E-state index in [1.807, 2.05) is 0 Å². The maximum atomic E-state index is 12.3. The summed E-state index contributed by atoms with van der Waals surface area (Å²) in [6, 6.07) is 0. The van der Waals surface area contributed by atoms with Crippen LogP contribution in [-0.2, 0) is 0 Å². The van der Waals surface area contributed by atoms with Crippen LogP contribution < -0.4 is 0 Å². The second-order valence-electron chi connectivity index (χ2n) is 2.00. The Morgan fingerprint density at radius 1 is 1.80 bits per heavy atom. The van der Waals surface area contributed by atoms with Gasteiger partial charge in [-0.3, -0.25) is 10.1 Å². The molecule has 0 aromatic rings. The average molecular weight is 143 g/mol. The highest BCUT2D eigenvalue weighted by atomic mass is 19.1. The first-order chi connectivity index (χ1) is 4.70. The van der Waals surface area contributed by atoms with Crippen molar-refractivity contribution in [3.05, 3.63) is 34.0 Å². The molecule has 1 rings (SSSR count). The van der Waals surface area contributed by atoms with E-state index < -0.39 is 11.1 Å². The van der Waals surface area contributed by atoms with Crippen molar-refractivity contribution < 1.29 is 9.31 Å². The second-order valence-corrected chi connectivity index (χ2v) is 2.00. The third kappa shape index (κ3) is 1.40. The molecule has 0 saturated carbocycles. The van der Waals surface area contributed by atoms with Gasteiger partial charge in [-0.2, -0.15) is 0 Å². The van der Waals surface area contributed by atoms with Crippen LogP contribution in [0.3, 0.4) is 0 Å². The lowest BCUT2D eigenvalue weighted by molar-refractivity contribution is -0.419. The van der Waals surface area contributed by atoms with Crippen LogP contribution in [0.1, 0.15) is 6.42 Å². The van der Waals surface area contributed by atoms with E-state index in [1.54, 1.807) is 0 Å². The number of nitrogens with zero attached hydrogens (tertiary/aromatic N) is 1. The molecule has 0 aromatic heterocycles. The van der Waals surface area contributed by atoms with E-state index >= 15 is 0 Å². The topological polar surface area (TPSA) is 43.1 Å². The van der Waals surface area contributed by atoms with Gasteiger partial charge in [-0.15, -0.1) is 0 Å².